The average Bonchev–Trinajstić information content (AvgIpc) is 3.46. The van der Waals surface area contributed by atoms with E-state index < -0.39 is 0 Å². The number of ether oxygens (including phenoxy) is 2. The quantitative estimate of drug-likeness (QED) is 0.283. The number of aliphatic imine (C=N–C) groups is 1. The second kappa shape index (κ2) is 8.99. The van der Waals surface area contributed by atoms with Crippen molar-refractivity contribution in [2.24, 2.45) is 28.7 Å². The van der Waals surface area contributed by atoms with Crippen LogP contribution in [0.1, 0.15) is 13.3 Å². The Bertz CT molecular complexity index is 852. The summed E-state index contributed by atoms with van der Waals surface area (Å²) in [4.78, 5) is 31.1. The van der Waals surface area contributed by atoms with Gasteiger partial charge in [-0.2, -0.15) is 0 Å². The third-order valence-electron chi connectivity index (χ3n) is 6.37. The van der Waals surface area contributed by atoms with Crippen LogP contribution in [0.3, 0.4) is 0 Å². The van der Waals surface area contributed by atoms with Gasteiger partial charge in [-0.1, -0.05) is 12.2 Å². The Hall–Kier alpha value is -3.03. The molecule has 2 N–H and O–H groups in total. The van der Waals surface area contributed by atoms with Crippen molar-refractivity contribution in [3.05, 3.63) is 36.4 Å². The normalized spacial score (nSPS) is 27.5. The van der Waals surface area contributed by atoms with E-state index in [0.29, 0.717) is 25.6 Å². The number of carbonyl (C=O) groups is 2. The van der Waals surface area contributed by atoms with Gasteiger partial charge in [-0.3, -0.25) is 19.5 Å². The highest BCUT2D eigenvalue weighted by molar-refractivity contribution is 6.06. The molecule has 4 rings (SSSR count). The summed E-state index contributed by atoms with van der Waals surface area (Å²) in [5.41, 5.74) is 0. The van der Waals surface area contributed by atoms with Crippen molar-refractivity contribution in [2.45, 2.75) is 19.4 Å². The second-order valence-electron chi connectivity index (χ2n) is 8.31. The fourth-order valence-electron chi connectivity index (χ4n) is 4.86. The van der Waals surface area contributed by atoms with E-state index in [1.54, 1.807) is 14.2 Å². The topological polar surface area (TPSA) is 92.3 Å². The van der Waals surface area contributed by atoms with Gasteiger partial charge in [-0.15, -0.1) is 0 Å². The summed E-state index contributed by atoms with van der Waals surface area (Å²) in [6.07, 6.45) is 5.09. The number of rotatable bonds is 8. The van der Waals surface area contributed by atoms with E-state index >= 15 is 0 Å². The second-order valence-corrected chi connectivity index (χ2v) is 8.31. The van der Waals surface area contributed by atoms with E-state index in [1.165, 1.54) is 4.90 Å². The lowest BCUT2D eigenvalue weighted by Crippen LogP contribution is -2.45. The molecule has 2 amide bonds. The number of hydrogen-bond acceptors (Lipinski definition) is 5. The summed E-state index contributed by atoms with van der Waals surface area (Å²) in [6.45, 7) is 3.31. The number of nitrogens with zero attached hydrogens (tertiary/aromatic N) is 2. The summed E-state index contributed by atoms with van der Waals surface area (Å²) < 4.78 is 11.0. The summed E-state index contributed by atoms with van der Waals surface area (Å²) in [5.74, 6) is 2.31. The van der Waals surface area contributed by atoms with Crippen molar-refractivity contribution in [3.63, 3.8) is 0 Å². The monoisotopic (exact) mass is 426 g/mol. The van der Waals surface area contributed by atoms with Crippen LogP contribution in [0.4, 0.5) is 0 Å². The molecule has 1 saturated carbocycles. The number of amides is 2. The first-order chi connectivity index (χ1) is 15.0. The molecule has 3 aliphatic rings. The molecule has 1 aromatic carbocycles. The minimum absolute atomic E-state index is 0.0156. The maximum atomic E-state index is 12.7. The molecule has 2 bridgehead atoms. The van der Waals surface area contributed by atoms with E-state index in [-0.39, 0.29) is 41.6 Å². The molecular formula is C23H30N4O4. The van der Waals surface area contributed by atoms with Crippen LogP contribution in [0.5, 0.6) is 11.5 Å². The van der Waals surface area contributed by atoms with Crippen LogP contribution in [0.15, 0.2) is 41.4 Å². The Balaban J connectivity index is 1.20. The molecule has 0 spiro atoms. The molecule has 1 aliphatic heterocycles. The Labute approximate surface area is 182 Å². The number of fused-ring (bicyclic) bond motifs is 5. The molecular weight excluding hydrogens is 396 g/mol. The molecule has 8 heteroatoms. The van der Waals surface area contributed by atoms with Crippen LogP contribution in [0.2, 0.25) is 0 Å². The van der Waals surface area contributed by atoms with Gasteiger partial charge in [0.05, 0.1) is 25.5 Å². The summed E-state index contributed by atoms with van der Waals surface area (Å²) in [6, 6.07) is 7.44. The molecule has 8 nitrogen and oxygen atoms in total. The SMILES string of the molecule is CN=C(NCCN1C(=O)C2C3C=CC(C3)C2C1=O)NCC(C)Oc1ccc(OC)cc1. The van der Waals surface area contributed by atoms with Gasteiger partial charge in [0.1, 0.15) is 17.6 Å². The number of allylic oxidation sites excluding steroid dienone is 2. The first kappa shape index (κ1) is 21.2. The molecule has 166 valence electrons. The predicted octanol–water partition coefficient (Wildman–Crippen LogP) is 1.43. The highest BCUT2D eigenvalue weighted by Gasteiger charge is 2.58. The fourth-order valence-corrected chi connectivity index (χ4v) is 4.86. The minimum atomic E-state index is -0.143. The van der Waals surface area contributed by atoms with Crippen molar-refractivity contribution in [1.82, 2.24) is 15.5 Å². The van der Waals surface area contributed by atoms with Gasteiger partial charge in [-0.25, -0.2) is 0 Å². The third-order valence-corrected chi connectivity index (χ3v) is 6.37. The van der Waals surface area contributed by atoms with Crippen LogP contribution in [-0.4, -0.2) is 62.6 Å². The number of nitrogens with one attached hydrogen (secondary N) is 2. The first-order valence-corrected chi connectivity index (χ1v) is 10.8. The van der Waals surface area contributed by atoms with Gasteiger partial charge >= 0.3 is 0 Å². The number of methoxy groups -OCH3 is 1. The molecule has 1 heterocycles. The molecule has 2 fully saturated rings. The van der Waals surface area contributed by atoms with Crippen LogP contribution >= 0.6 is 0 Å². The largest absolute Gasteiger partial charge is 0.497 e. The number of imide groups is 1. The molecule has 0 radical (unpaired) electrons. The number of hydrogen-bond donors (Lipinski definition) is 2. The number of guanidine groups is 1. The highest BCUT2D eigenvalue weighted by atomic mass is 16.5. The summed E-state index contributed by atoms with van der Waals surface area (Å²) in [5, 5.41) is 6.40. The van der Waals surface area contributed by atoms with Gasteiger partial charge in [0, 0.05) is 20.1 Å². The maximum Gasteiger partial charge on any atom is 0.233 e. The van der Waals surface area contributed by atoms with Crippen molar-refractivity contribution in [1.29, 1.82) is 0 Å². The number of likely N-dealkylation sites (tertiary alicyclic amines) is 1. The van der Waals surface area contributed by atoms with Gasteiger partial charge in [0.15, 0.2) is 5.96 Å². The van der Waals surface area contributed by atoms with Crippen molar-refractivity contribution < 1.29 is 19.1 Å². The lowest BCUT2D eigenvalue weighted by molar-refractivity contribution is -0.140. The highest BCUT2D eigenvalue weighted by Crippen LogP contribution is 2.52. The van der Waals surface area contributed by atoms with E-state index in [4.69, 9.17) is 9.47 Å². The average molecular weight is 427 g/mol. The van der Waals surface area contributed by atoms with Crippen LogP contribution in [-0.2, 0) is 9.59 Å². The van der Waals surface area contributed by atoms with Gasteiger partial charge < -0.3 is 20.1 Å². The zero-order chi connectivity index (χ0) is 22.0. The predicted molar refractivity (Wildman–Crippen MR) is 117 cm³/mol. The molecule has 0 aromatic heterocycles. The molecule has 5 unspecified atom stereocenters. The number of benzene rings is 1. The Morgan fingerprint density at radius 3 is 2.29 bits per heavy atom. The molecule has 1 aromatic rings. The van der Waals surface area contributed by atoms with Crippen LogP contribution in [0, 0.1) is 23.7 Å². The first-order valence-electron chi connectivity index (χ1n) is 10.8. The van der Waals surface area contributed by atoms with E-state index in [2.05, 4.69) is 27.8 Å². The van der Waals surface area contributed by atoms with E-state index in [9.17, 15) is 9.59 Å². The van der Waals surface area contributed by atoms with Gasteiger partial charge in [0.25, 0.3) is 0 Å². The number of carbonyl (C=O) groups excluding carboxylic acids is 2. The Kier molecular flexibility index (Phi) is 6.15. The third kappa shape index (κ3) is 4.24. The van der Waals surface area contributed by atoms with Crippen molar-refractivity contribution in [3.8, 4) is 11.5 Å². The van der Waals surface area contributed by atoms with Crippen LogP contribution < -0.4 is 20.1 Å². The maximum absolute atomic E-state index is 12.7. The molecule has 5 atom stereocenters. The lowest BCUT2D eigenvalue weighted by atomic mass is 9.85. The van der Waals surface area contributed by atoms with Gasteiger partial charge in [0.2, 0.25) is 11.8 Å². The van der Waals surface area contributed by atoms with E-state index in [1.807, 2.05) is 31.2 Å². The Morgan fingerprint density at radius 2 is 1.71 bits per heavy atom. The van der Waals surface area contributed by atoms with E-state index in [0.717, 1.165) is 17.9 Å². The van der Waals surface area contributed by atoms with Gasteiger partial charge in [-0.05, 0) is 49.4 Å². The lowest BCUT2D eigenvalue weighted by Gasteiger charge is -2.20. The summed E-state index contributed by atoms with van der Waals surface area (Å²) in [7, 11) is 3.31. The zero-order valence-electron chi connectivity index (χ0n) is 18.2. The summed E-state index contributed by atoms with van der Waals surface area (Å²) >= 11 is 0. The zero-order valence-corrected chi connectivity index (χ0v) is 18.2. The smallest absolute Gasteiger partial charge is 0.233 e. The Morgan fingerprint density at radius 1 is 1.10 bits per heavy atom. The standard InChI is InChI=1S/C23H30N4O4/c1-14(31-18-8-6-17(30-3)7-9-18)13-26-23(24-2)25-10-11-27-21(28)19-15-4-5-16(12-15)20(19)22(27)29/h4-9,14-16,19-20H,10-13H2,1-3H3,(H2,24,25,26). The minimum Gasteiger partial charge on any atom is -0.497 e. The molecule has 2 aliphatic carbocycles. The van der Waals surface area contributed by atoms with Crippen molar-refractivity contribution >= 4 is 17.8 Å². The molecule has 31 heavy (non-hydrogen) atoms. The van der Waals surface area contributed by atoms with Crippen LogP contribution in [0.25, 0.3) is 0 Å². The van der Waals surface area contributed by atoms with Crippen molar-refractivity contribution in [2.75, 3.05) is 33.8 Å². The molecule has 1 saturated heterocycles. The fraction of sp³-hybridized carbons (Fsp3) is 0.522.